The summed E-state index contributed by atoms with van der Waals surface area (Å²) < 4.78 is 16.7. The van der Waals surface area contributed by atoms with Crippen LogP contribution in [0, 0.1) is 13.8 Å². The van der Waals surface area contributed by atoms with Gasteiger partial charge in [-0.25, -0.2) is 5.43 Å². The van der Waals surface area contributed by atoms with Crippen LogP contribution in [0.3, 0.4) is 0 Å². The van der Waals surface area contributed by atoms with Crippen molar-refractivity contribution >= 4 is 29.6 Å². The fourth-order valence-corrected chi connectivity index (χ4v) is 3.17. The molecule has 0 atom stereocenters. The number of nitrogens with zero attached hydrogens (tertiary/aromatic N) is 1. The Morgan fingerprint density at radius 3 is 2.49 bits per heavy atom. The summed E-state index contributed by atoms with van der Waals surface area (Å²) in [6.07, 6.45) is 2.09. The molecule has 0 aliphatic rings. The van der Waals surface area contributed by atoms with E-state index in [9.17, 15) is 14.4 Å². The molecule has 2 rings (SSSR count). The minimum atomic E-state index is -0.874. The number of carbonyl (C=O) groups excluding carboxylic acids is 3. The largest absolute Gasteiger partial charge is 0.490 e. The molecular formula is C27H36N4O6. The number of aryl methyl sites for hydroxylation is 2. The van der Waals surface area contributed by atoms with Crippen LogP contribution in [0.5, 0.6) is 11.5 Å². The average molecular weight is 513 g/mol. The molecule has 0 spiro atoms. The van der Waals surface area contributed by atoms with E-state index >= 15 is 0 Å². The van der Waals surface area contributed by atoms with Crippen LogP contribution in [0.1, 0.15) is 43.9 Å². The van der Waals surface area contributed by atoms with Gasteiger partial charge in [-0.2, -0.15) is 5.10 Å². The number of benzene rings is 2. The fraction of sp³-hybridized carbons (Fsp3) is 0.407. The standard InChI is InChI=1S/C27H36N4O6/c1-6-35-24-15-21(16-29-31-27(34)26(33)28-12-7-13-36-18(2)3)9-11-23(24)37-17-25(32)30-22-10-8-19(4)14-20(22)5/h8-11,14-16,18H,6-7,12-13,17H2,1-5H3,(H,28,33)(H,30,32)(H,31,34)/b29-16-. The van der Waals surface area contributed by atoms with Gasteiger partial charge in [0.25, 0.3) is 5.91 Å². The zero-order valence-corrected chi connectivity index (χ0v) is 22.1. The molecule has 10 heteroatoms. The minimum absolute atomic E-state index is 0.116. The van der Waals surface area contributed by atoms with E-state index < -0.39 is 11.8 Å². The van der Waals surface area contributed by atoms with Crippen LogP contribution in [0.2, 0.25) is 0 Å². The second kappa shape index (κ2) is 15.2. The van der Waals surface area contributed by atoms with Gasteiger partial charge >= 0.3 is 11.8 Å². The zero-order chi connectivity index (χ0) is 27.2. The van der Waals surface area contributed by atoms with Crippen molar-refractivity contribution in [3.05, 3.63) is 53.1 Å². The molecule has 3 N–H and O–H groups in total. The van der Waals surface area contributed by atoms with Crippen LogP contribution in [0.4, 0.5) is 5.69 Å². The third-order valence-electron chi connectivity index (χ3n) is 4.93. The van der Waals surface area contributed by atoms with Crippen molar-refractivity contribution in [3.63, 3.8) is 0 Å². The molecule has 0 saturated heterocycles. The summed E-state index contributed by atoms with van der Waals surface area (Å²) in [5.41, 5.74) is 5.60. The van der Waals surface area contributed by atoms with Gasteiger partial charge in [-0.05, 0) is 76.4 Å². The molecule has 0 fully saturated rings. The molecule has 2 aromatic carbocycles. The van der Waals surface area contributed by atoms with Gasteiger partial charge < -0.3 is 24.8 Å². The SMILES string of the molecule is CCOc1cc(/C=N\NC(=O)C(=O)NCCCOC(C)C)ccc1OCC(=O)Nc1ccc(C)cc1C. The summed E-state index contributed by atoms with van der Waals surface area (Å²) in [6.45, 7) is 10.6. The lowest BCUT2D eigenvalue weighted by atomic mass is 10.1. The van der Waals surface area contributed by atoms with Crippen LogP contribution in [0.15, 0.2) is 41.5 Å². The third-order valence-corrected chi connectivity index (χ3v) is 4.93. The van der Waals surface area contributed by atoms with E-state index in [1.54, 1.807) is 18.2 Å². The third kappa shape index (κ3) is 10.7. The minimum Gasteiger partial charge on any atom is -0.490 e. The molecule has 0 unspecified atom stereocenters. The van der Waals surface area contributed by atoms with Gasteiger partial charge in [-0.15, -0.1) is 0 Å². The highest BCUT2D eigenvalue weighted by Gasteiger charge is 2.12. The fourth-order valence-electron chi connectivity index (χ4n) is 3.17. The first-order valence-electron chi connectivity index (χ1n) is 12.2. The molecule has 0 bridgehead atoms. The number of ether oxygens (including phenoxy) is 3. The van der Waals surface area contributed by atoms with Crippen LogP contribution < -0.4 is 25.5 Å². The Balaban J connectivity index is 1.87. The first kappa shape index (κ1) is 29.3. The summed E-state index contributed by atoms with van der Waals surface area (Å²) in [5, 5.41) is 9.17. The summed E-state index contributed by atoms with van der Waals surface area (Å²) >= 11 is 0. The van der Waals surface area contributed by atoms with Gasteiger partial charge in [0.2, 0.25) is 0 Å². The normalized spacial score (nSPS) is 10.9. The highest BCUT2D eigenvalue weighted by Crippen LogP contribution is 2.28. The number of rotatable bonds is 13. The molecule has 10 nitrogen and oxygen atoms in total. The maximum Gasteiger partial charge on any atom is 0.329 e. The molecule has 3 amide bonds. The maximum absolute atomic E-state index is 12.4. The first-order valence-corrected chi connectivity index (χ1v) is 12.2. The summed E-state index contributed by atoms with van der Waals surface area (Å²) in [5.74, 6) is -1.15. The maximum atomic E-state index is 12.4. The van der Waals surface area contributed by atoms with Crippen LogP contribution in [0.25, 0.3) is 0 Å². The van der Waals surface area contributed by atoms with Crippen molar-refractivity contribution in [1.82, 2.24) is 10.7 Å². The molecule has 2 aromatic rings. The molecule has 37 heavy (non-hydrogen) atoms. The monoisotopic (exact) mass is 512 g/mol. The van der Waals surface area contributed by atoms with Gasteiger partial charge in [0.15, 0.2) is 18.1 Å². The summed E-state index contributed by atoms with van der Waals surface area (Å²) in [4.78, 5) is 36.1. The van der Waals surface area contributed by atoms with E-state index in [4.69, 9.17) is 14.2 Å². The van der Waals surface area contributed by atoms with E-state index in [0.717, 1.165) is 16.8 Å². The number of carbonyl (C=O) groups is 3. The molecule has 0 aliphatic heterocycles. The van der Waals surface area contributed by atoms with Gasteiger partial charge in [0.1, 0.15) is 0 Å². The Morgan fingerprint density at radius 1 is 1.00 bits per heavy atom. The van der Waals surface area contributed by atoms with Crippen LogP contribution in [-0.4, -0.2) is 56.4 Å². The molecule has 0 aliphatic carbocycles. The van der Waals surface area contributed by atoms with Crippen molar-refractivity contribution in [2.24, 2.45) is 5.10 Å². The molecule has 0 saturated carbocycles. The number of hydrogen-bond acceptors (Lipinski definition) is 7. The second-order valence-corrected chi connectivity index (χ2v) is 8.52. The smallest absolute Gasteiger partial charge is 0.329 e. The molecule has 200 valence electrons. The van der Waals surface area contributed by atoms with Crippen LogP contribution in [-0.2, 0) is 19.1 Å². The molecule has 0 aromatic heterocycles. The Bertz CT molecular complexity index is 1100. The number of nitrogens with one attached hydrogen (secondary N) is 3. The lowest BCUT2D eigenvalue weighted by Gasteiger charge is -2.13. The Kier molecular flexibility index (Phi) is 12.1. The predicted molar refractivity (Wildman–Crippen MR) is 142 cm³/mol. The van der Waals surface area contributed by atoms with E-state index in [1.807, 2.05) is 52.8 Å². The number of hydrogen-bond donors (Lipinski definition) is 3. The predicted octanol–water partition coefficient (Wildman–Crippen LogP) is 3.10. The first-order chi connectivity index (χ1) is 17.7. The summed E-state index contributed by atoms with van der Waals surface area (Å²) in [7, 11) is 0. The average Bonchev–Trinajstić information content (AvgIpc) is 2.85. The second-order valence-electron chi connectivity index (χ2n) is 8.52. The van der Waals surface area contributed by atoms with Crippen molar-refractivity contribution in [2.45, 2.75) is 47.1 Å². The van der Waals surface area contributed by atoms with Crippen molar-refractivity contribution < 1.29 is 28.6 Å². The molecule has 0 heterocycles. The van der Waals surface area contributed by atoms with E-state index in [-0.39, 0.29) is 18.6 Å². The highest BCUT2D eigenvalue weighted by molar-refractivity contribution is 6.35. The van der Waals surface area contributed by atoms with E-state index in [2.05, 4.69) is 21.2 Å². The number of amides is 3. The zero-order valence-electron chi connectivity index (χ0n) is 22.1. The van der Waals surface area contributed by atoms with Crippen LogP contribution >= 0.6 is 0 Å². The molecule has 0 radical (unpaired) electrons. The number of hydrazone groups is 1. The Labute approximate surface area is 217 Å². The van der Waals surface area contributed by atoms with Gasteiger partial charge in [-0.3, -0.25) is 14.4 Å². The Morgan fingerprint density at radius 2 is 1.78 bits per heavy atom. The van der Waals surface area contributed by atoms with E-state index in [0.29, 0.717) is 43.2 Å². The van der Waals surface area contributed by atoms with Gasteiger partial charge in [0, 0.05) is 18.8 Å². The molecular weight excluding hydrogens is 476 g/mol. The lowest BCUT2D eigenvalue weighted by Crippen LogP contribution is -2.38. The quantitative estimate of drug-likeness (QED) is 0.164. The van der Waals surface area contributed by atoms with Crippen molar-refractivity contribution in [2.75, 3.05) is 31.7 Å². The Hall–Kier alpha value is -3.92. The van der Waals surface area contributed by atoms with Crippen molar-refractivity contribution in [3.8, 4) is 11.5 Å². The van der Waals surface area contributed by atoms with E-state index in [1.165, 1.54) is 6.21 Å². The topological polar surface area (TPSA) is 127 Å². The van der Waals surface area contributed by atoms with Gasteiger partial charge in [0.05, 0.1) is 18.9 Å². The number of anilines is 1. The lowest BCUT2D eigenvalue weighted by molar-refractivity contribution is -0.139. The van der Waals surface area contributed by atoms with Gasteiger partial charge in [-0.1, -0.05) is 17.7 Å². The van der Waals surface area contributed by atoms with Crippen molar-refractivity contribution in [1.29, 1.82) is 0 Å². The summed E-state index contributed by atoms with van der Waals surface area (Å²) in [6, 6.07) is 10.8. The highest BCUT2D eigenvalue weighted by atomic mass is 16.5.